The van der Waals surface area contributed by atoms with Crippen molar-refractivity contribution in [3.05, 3.63) is 28.8 Å². The van der Waals surface area contributed by atoms with Crippen LogP contribution in [-0.4, -0.2) is 19.6 Å². The SMILES string of the molecule is CC1CCN(c2ccc(CCN)cc2Cl)CC1. The quantitative estimate of drug-likeness (QED) is 0.896. The molecule has 1 aromatic carbocycles. The van der Waals surface area contributed by atoms with Crippen LogP contribution >= 0.6 is 11.6 Å². The highest BCUT2D eigenvalue weighted by molar-refractivity contribution is 6.33. The molecule has 94 valence electrons. The fraction of sp³-hybridized carbons (Fsp3) is 0.571. The molecular formula is C14H21ClN2. The molecule has 1 aromatic rings. The average Bonchev–Trinajstić information content (AvgIpc) is 2.31. The summed E-state index contributed by atoms with van der Waals surface area (Å²) in [5.74, 6) is 0.849. The summed E-state index contributed by atoms with van der Waals surface area (Å²) in [4.78, 5) is 2.40. The van der Waals surface area contributed by atoms with Crippen LogP contribution in [0.25, 0.3) is 0 Å². The minimum Gasteiger partial charge on any atom is -0.370 e. The number of halogens is 1. The zero-order chi connectivity index (χ0) is 12.3. The van der Waals surface area contributed by atoms with E-state index in [-0.39, 0.29) is 0 Å². The minimum absolute atomic E-state index is 0.677. The Balaban J connectivity index is 2.10. The van der Waals surface area contributed by atoms with Crippen LogP contribution < -0.4 is 10.6 Å². The molecule has 0 amide bonds. The lowest BCUT2D eigenvalue weighted by atomic mass is 9.98. The highest BCUT2D eigenvalue weighted by Crippen LogP contribution is 2.30. The normalized spacial score (nSPS) is 17.5. The summed E-state index contributed by atoms with van der Waals surface area (Å²) >= 11 is 6.35. The molecule has 0 atom stereocenters. The molecule has 0 spiro atoms. The Morgan fingerprint density at radius 2 is 2.06 bits per heavy atom. The van der Waals surface area contributed by atoms with E-state index < -0.39 is 0 Å². The number of rotatable bonds is 3. The fourth-order valence-electron chi connectivity index (χ4n) is 2.38. The molecule has 1 fully saturated rings. The number of benzene rings is 1. The van der Waals surface area contributed by atoms with Crippen molar-refractivity contribution in [1.29, 1.82) is 0 Å². The maximum Gasteiger partial charge on any atom is 0.0642 e. The maximum absolute atomic E-state index is 6.35. The number of anilines is 1. The molecule has 0 aromatic heterocycles. The molecule has 3 heteroatoms. The maximum atomic E-state index is 6.35. The first-order valence-electron chi connectivity index (χ1n) is 6.44. The summed E-state index contributed by atoms with van der Waals surface area (Å²) in [6.07, 6.45) is 3.43. The Morgan fingerprint density at radius 1 is 1.35 bits per heavy atom. The highest BCUT2D eigenvalue weighted by atomic mass is 35.5. The first-order valence-corrected chi connectivity index (χ1v) is 6.82. The van der Waals surface area contributed by atoms with E-state index in [1.807, 2.05) is 0 Å². The molecule has 0 unspecified atom stereocenters. The fourth-order valence-corrected chi connectivity index (χ4v) is 2.70. The molecular weight excluding hydrogens is 232 g/mol. The van der Waals surface area contributed by atoms with Crippen LogP contribution in [0.1, 0.15) is 25.3 Å². The molecule has 0 bridgehead atoms. The van der Waals surface area contributed by atoms with E-state index in [0.29, 0.717) is 6.54 Å². The second-order valence-electron chi connectivity index (χ2n) is 4.99. The van der Waals surface area contributed by atoms with Gasteiger partial charge in [-0.1, -0.05) is 24.6 Å². The van der Waals surface area contributed by atoms with E-state index in [4.69, 9.17) is 17.3 Å². The Bertz CT molecular complexity index is 370. The third kappa shape index (κ3) is 3.14. The van der Waals surface area contributed by atoms with Gasteiger partial charge in [0, 0.05) is 13.1 Å². The van der Waals surface area contributed by atoms with E-state index in [9.17, 15) is 0 Å². The van der Waals surface area contributed by atoms with Crippen LogP contribution in [0.15, 0.2) is 18.2 Å². The van der Waals surface area contributed by atoms with Crippen molar-refractivity contribution < 1.29 is 0 Å². The number of hydrogen-bond donors (Lipinski definition) is 1. The Labute approximate surface area is 109 Å². The van der Waals surface area contributed by atoms with E-state index in [1.165, 1.54) is 24.1 Å². The van der Waals surface area contributed by atoms with Crippen LogP contribution in [-0.2, 0) is 6.42 Å². The zero-order valence-electron chi connectivity index (χ0n) is 10.5. The molecule has 1 aliphatic rings. The third-order valence-electron chi connectivity index (χ3n) is 3.57. The largest absolute Gasteiger partial charge is 0.370 e. The van der Waals surface area contributed by atoms with Crippen molar-refractivity contribution in [3.63, 3.8) is 0 Å². The van der Waals surface area contributed by atoms with Crippen molar-refractivity contribution in [2.45, 2.75) is 26.2 Å². The van der Waals surface area contributed by atoms with Gasteiger partial charge >= 0.3 is 0 Å². The van der Waals surface area contributed by atoms with Gasteiger partial charge in [-0.05, 0) is 49.4 Å². The van der Waals surface area contributed by atoms with Crippen molar-refractivity contribution in [3.8, 4) is 0 Å². The van der Waals surface area contributed by atoms with Gasteiger partial charge in [0.1, 0.15) is 0 Å². The first-order chi connectivity index (χ1) is 8.20. The van der Waals surface area contributed by atoms with Gasteiger partial charge in [0.15, 0.2) is 0 Å². The third-order valence-corrected chi connectivity index (χ3v) is 3.87. The van der Waals surface area contributed by atoms with Gasteiger partial charge in [0.2, 0.25) is 0 Å². The highest BCUT2D eigenvalue weighted by Gasteiger charge is 2.17. The van der Waals surface area contributed by atoms with Gasteiger partial charge in [0.05, 0.1) is 10.7 Å². The van der Waals surface area contributed by atoms with Crippen LogP contribution in [0.2, 0.25) is 5.02 Å². The second-order valence-corrected chi connectivity index (χ2v) is 5.40. The Hall–Kier alpha value is -0.730. The molecule has 1 saturated heterocycles. The first kappa shape index (κ1) is 12.7. The minimum atomic E-state index is 0.677. The van der Waals surface area contributed by atoms with E-state index in [2.05, 4.69) is 30.0 Å². The lowest BCUT2D eigenvalue weighted by Gasteiger charge is -2.32. The Kier molecular flexibility index (Phi) is 4.30. The van der Waals surface area contributed by atoms with Gasteiger partial charge in [-0.2, -0.15) is 0 Å². The van der Waals surface area contributed by atoms with Crippen molar-refractivity contribution in [2.24, 2.45) is 11.7 Å². The number of hydrogen-bond acceptors (Lipinski definition) is 2. The smallest absolute Gasteiger partial charge is 0.0642 e. The summed E-state index contributed by atoms with van der Waals surface area (Å²) < 4.78 is 0. The van der Waals surface area contributed by atoms with Gasteiger partial charge in [-0.15, -0.1) is 0 Å². The summed E-state index contributed by atoms with van der Waals surface area (Å²) in [6, 6.07) is 6.34. The van der Waals surface area contributed by atoms with Crippen molar-refractivity contribution >= 4 is 17.3 Å². The van der Waals surface area contributed by atoms with E-state index >= 15 is 0 Å². The standard InChI is InChI=1S/C14H21ClN2/c1-11-5-8-17(9-6-11)14-3-2-12(4-7-16)10-13(14)15/h2-3,10-11H,4-9,16H2,1H3. The second kappa shape index (κ2) is 5.74. The molecule has 0 saturated carbocycles. The van der Waals surface area contributed by atoms with Crippen LogP contribution in [0.4, 0.5) is 5.69 Å². The molecule has 1 heterocycles. The zero-order valence-corrected chi connectivity index (χ0v) is 11.2. The van der Waals surface area contributed by atoms with Gasteiger partial charge in [-0.3, -0.25) is 0 Å². The van der Waals surface area contributed by atoms with Crippen LogP contribution in [0.3, 0.4) is 0 Å². The van der Waals surface area contributed by atoms with Gasteiger partial charge in [-0.25, -0.2) is 0 Å². The molecule has 0 radical (unpaired) electrons. The summed E-state index contributed by atoms with van der Waals surface area (Å²) in [5, 5.41) is 0.866. The summed E-state index contributed by atoms with van der Waals surface area (Å²) in [7, 11) is 0. The number of piperidine rings is 1. The Morgan fingerprint density at radius 3 is 2.65 bits per heavy atom. The molecule has 0 aliphatic carbocycles. The predicted octanol–water partition coefficient (Wildman–Crippen LogP) is 3.08. The monoisotopic (exact) mass is 252 g/mol. The van der Waals surface area contributed by atoms with Crippen molar-refractivity contribution in [1.82, 2.24) is 0 Å². The van der Waals surface area contributed by atoms with E-state index in [1.54, 1.807) is 0 Å². The van der Waals surface area contributed by atoms with Crippen LogP contribution in [0, 0.1) is 5.92 Å². The number of nitrogens with two attached hydrogens (primary N) is 1. The van der Waals surface area contributed by atoms with Gasteiger partial charge < -0.3 is 10.6 Å². The molecule has 17 heavy (non-hydrogen) atoms. The topological polar surface area (TPSA) is 29.3 Å². The number of nitrogens with zero attached hydrogens (tertiary/aromatic N) is 1. The molecule has 2 N–H and O–H groups in total. The lowest BCUT2D eigenvalue weighted by molar-refractivity contribution is 0.438. The molecule has 2 rings (SSSR count). The average molecular weight is 253 g/mol. The van der Waals surface area contributed by atoms with E-state index in [0.717, 1.165) is 30.5 Å². The van der Waals surface area contributed by atoms with Crippen LogP contribution in [0.5, 0.6) is 0 Å². The molecule has 1 aliphatic heterocycles. The molecule has 2 nitrogen and oxygen atoms in total. The summed E-state index contributed by atoms with van der Waals surface area (Å²) in [6.45, 7) is 5.24. The summed E-state index contributed by atoms with van der Waals surface area (Å²) in [5.41, 5.74) is 7.96. The van der Waals surface area contributed by atoms with Crippen molar-refractivity contribution in [2.75, 3.05) is 24.5 Å². The predicted molar refractivity (Wildman–Crippen MR) is 74.8 cm³/mol. The van der Waals surface area contributed by atoms with Gasteiger partial charge in [0.25, 0.3) is 0 Å². The lowest BCUT2D eigenvalue weighted by Crippen LogP contribution is -2.32.